The second-order valence-corrected chi connectivity index (χ2v) is 8.03. The van der Waals surface area contributed by atoms with Crippen LogP contribution in [0.15, 0.2) is 97.1 Å². The lowest BCUT2D eigenvalue weighted by Gasteiger charge is -2.16. The van der Waals surface area contributed by atoms with Crippen molar-refractivity contribution in [3.8, 4) is 34.4 Å². The largest absolute Gasteiger partial charge is 0.192 e. The molecule has 0 aromatic heterocycles. The topological polar surface area (TPSA) is 47.6 Å². The van der Waals surface area contributed by atoms with Crippen molar-refractivity contribution in [3.63, 3.8) is 0 Å². The molecule has 0 unspecified atom stereocenters. The summed E-state index contributed by atoms with van der Waals surface area (Å²) in [4.78, 5) is 0. The molecule has 2 heteroatoms. The number of hydrogen-bond donors (Lipinski definition) is 0. The van der Waals surface area contributed by atoms with Gasteiger partial charge in [0.1, 0.15) is 0 Å². The molecule has 0 spiro atoms. The van der Waals surface area contributed by atoms with Gasteiger partial charge in [0.25, 0.3) is 0 Å². The van der Waals surface area contributed by atoms with E-state index >= 15 is 0 Å². The van der Waals surface area contributed by atoms with E-state index < -0.39 is 0 Å². The summed E-state index contributed by atoms with van der Waals surface area (Å²) >= 11 is 0. The molecular weight excluding hydrogens is 388 g/mol. The lowest BCUT2D eigenvalue weighted by atomic mass is 9.87. The second kappa shape index (κ2) is 6.95. The van der Waals surface area contributed by atoms with Gasteiger partial charge in [0.2, 0.25) is 0 Å². The van der Waals surface area contributed by atoms with Crippen LogP contribution in [0, 0.1) is 22.7 Å². The highest BCUT2D eigenvalue weighted by Crippen LogP contribution is 2.42. The highest BCUT2D eigenvalue weighted by molar-refractivity contribution is 6.27. The van der Waals surface area contributed by atoms with Crippen LogP contribution in [-0.2, 0) is 0 Å². The Labute approximate surface area is 185 Å². The molecule has 6 aromatic rings. The SMILES string of the molecule is N#Cc1ccc(-c2ccc3ccc4c(-c5ccc(C#N)cc5)ccc5ccc2c3c54)cc1. The molecule has 0 fully saturated rings. The summed E-state index contributed by atoms with van der Waals surface area (Å²) in [5.41, 5.74) is 5.88. The average Bonchev–Trinajstić information content (AvgIpc) is 2.87. The van der Waals surface area contributed by atoms with Crippen LogP contribution in [0.2, 0.25) is 0 Å². The zero-order chi connectivity index (χ0) is 21.7. The van der Waals surface area contributed by atoms with Gasteiger partial charge in [0, 0.05) is 0 Å². The molecular formula is C30H16N2. The first kappa shape index (κ1) is 18.1. The molecule has 0 heterocycles. The molecule has 2 nitrogen and oxygen atoms in total. The van der Waals surface area contributed by atoms with E-state index in [1.54, 1.807) is 0 Å². The van der Waals surface area contributed by atoms with E-state index in [1.165, 1.54) is 43.4 Å². The predicted octanol–water partition coefficient (Wildman–Crippen LogP) is 7.66. The fourth-order valence-electron chi connectivity index (χ4n) is 4.75. The molecule has 0 saturated carbocycles. The first-order chi connectivity index (χ1) is 15.8. The van der Waals surface area contributed by atoms with E-state index in [-0.39, 0.29) is 0 Å². The summed E-state index contributed by atoms with van der Waals surface area (Å²) < 4.78 is 0. The van der Waals surface area contributed by atoms with Crippen molar-refractivity contribution in [3.05, 3.63) is 108 Å². The van der Waals surface area contributed by atoms with E-state index in [0.717, 1.165) is 11.1 Å². The summed E-state index contributed by atoms with van der Waals surface area (Å²) in [6.07, 6.45) is 0. The molecule has 0 amide bonds. The van der Waals surface area contributed by atoms with Gasteiger partial charge in [-0.05, 0) is 78.8 Å². The third-order valence-electron chi connectivity index (χ3n) is 6.31. The van der Waals surface area contributed by atoms with Crippen molar-refractivity contribution in [1.29, 1.82) is 10.5 Å². The first-order valence-corrected chi connectivity index (χ1v) is 10.5. The van der Waals surface area contributed by atoms with Crippen molar-refractivity contribution in [2.75, 3.05) is 0 Å². The van der Waals surface area contributed by atoms with Gasteiger partial charge in [0.05, 0.1) is 23.3 Å². The Balaban J connectivity index is 1.66. The summed E-state index contributed by atoms with van der Waals surface area (Å²) in [5.74, 6) is 0. The average molecular weight is 404 g/mol. The van der Waals surface area contributed by atoms with E-state index in [2.05, 4.69) is 60.7 Å². The quantitative estimate of drug-likeness (QED) is 0.278. The van der Waals surface area contributed by atoms with Crippen molar-refractivity contribution >= 4 is 32.3 Å². The number of nitrogens with zero attached hydrogens (tertiary/aromatic N) is 2. The van der Waals surface area contributed by atoms with E-state index in [0.29, 0.717) is 11.1 Å². The number of benzene rings is 6. The third-order valence-corrected chi connectivity index (χ3v) is 6.31. The fourth-order valence-corrected chi connectivity index (χ4v) is 4.75. The minimum absolute atomic E-state index is 0.665. The van der Waals surface area contributed by atoms with Crippen LogP contribution in [-0.4, -0.2) is 0 Å². The Morgan fingerprint density at radius 3 is 1.16 bits per heavy atom. The molecule has 32 heavy (non-hydrogen) atoms. The molecule has 0 radical (unpaired) electrons. The highest BCUT2D eigenvalue weighted by atomic mass is 14.2. The maximum Gasteiger partial charge on any atom is 0.0991 e. The molecule has 0 N–H and O–H groups in total. The maximum absolute atomic E-state index is 9.14. The van der Waals surface area contributed by atoms with Gasteiger partial charge < -0.3 is 0 Å². The number of hydrogen-bond acceptors (Lipinski definition) is 2. The lowest BCUT2D eigenvalue weighted by molar-refractivity contribution is 1.48. The van der Waals surface area contributed by atoms with Crippen LogP contribution < -0.4 is 0 Å². The lowest BCUT2D eigenvalue weighted by Crippen LogP contribution is -1.89. The standard InChI is InChI=1S/C30H16N2/c31-17-19-1-5-21(6-2-19)25-13-9-23-12-16-28-26(22-7-3-20(18-32)4-8-22)14-10-24-11-15-27(25)29(23)30(24)28/h1-16H. The van der Waals surface area contributed by atoms with Gasteiger partial charge in [-0.2, -0.15) is 10.5 Å². The molecule has 6 aromatic carbocycles. The molecule has 0 atom stereocenters. The molecule has 0 aliphatic rings. The van der Waals surface area contributed by atoms with Crippen LogP contribution in [0.1, 0.15) is 11.1 Å². The second-order valence-electron chi connectivity index (χ2n) is 8.03. The fraction of sp³-hybridized carbons (Fsp3) is 0. The highest BCUT2D eigenvalue weighted by Gasteiger charge is 2.14. The van der Waals surface area contributed by atoms with Gasteiger partial charge in [-0.3, -0.25) is 0 Å². The van der Waals surface area contributed by atoms with Crippen molar-refractivity contribution in [2.45, 2.75) is 0 Å². The Morgan fingerprint density at radius 2 is 0.781 bits per heavy atom. The van der Waals surface area contributed by atoms with Crippen LogP contribution in [0.5, 0.6) is 0 Å². The van der Waals surface area contributed by atoms with E-state index in [1.807, 2.05) is 48.5 Å². The molecule has 6 rings (SSSR count). The minimum Gasteiger partial charge on any atom is -0.192 e. The zero-order valence-electron chi connectivity index (χ0n) is 17.1. The Bertz CT molecular complexity index is 1580. The van der Waals surface area contributed by atoms with E-state index in [4.69, 9.17) is 10.5 Å². The summed E-state index contributed by atoms with van der Waals surface area (Å²) in [7, 11) is 0. The van der Waals surface area contributed by atoms with Crippen LogP contribution >= 0.6 is 0 Å². The van der Waals surface area contributed by atoms with E-state index in [9.17, 15) is 0 Å². The smallest absolute Gasteiger partial charge is 0.0991 e. The predicted molar refractivity (Wildman–Crippen MR) is 130 cm³/mol. The summed E-state index contributed by atoms with van der Waals surface area (Å²) in [6, 6.07) is 37.5. The minimum atomic E-state index is 0.665. The van der Waals surface area contributed by atoms with Crippen LogP contribution in [0.4, 0.5) is 0 Å². The molecule has 146 valence electrons. The Hall–Kier alpha value is -4.66. The molecule has 0 aliphatic carbocycles. The molecule has 0 bridgehead atoms. The number of rotatable bonds is 2. The number of nitriles is 2. The third kappa shape index (κ3) is 2.64. The van der Waals surface area contributed by atoms with Crippen molar-refractivity contribution in [2.24, 2.45) is 0 Å². The normalized spacial score (nSPS) is 11.1. The molecule has 0 saturated heterocycles. The Morgan fingerprint density at radius 1 is 0.406 bits per heavy atom. The Kier molecular flexibility index (Phi) is 3.94. The maximum atomic E-state index is 9.14. The van der Waals surface area contributed by atoms with Gasteiger partial charge in [-0.1, -0.05) is 72.8 Å². The van der Waals surface area contributed by atoms with Crippen molar-refractivity contribution < 1.29 is 0 Å². The summed E-state index contributed by atoms with van der Waals surface area (Å²) in [5, 5.41) is 25.7. The monoisotopic (exact) mass is 404 g/mol. The van der Waals surface area contributed by atoms with Gasteiger partial charge >= 0.3 is 0 Å². The van der Waals surface area contributed by atoms with Crippen molar-refractivity contribution in [1.82, 2.24) is 0 Å². The van der Waals surface area contributed by atoms with Crippen LogP contribution in [0.25, 0.3) is 54.6 Å². The van der Waals surface area contributed by atoms with Gasteiger partial charge in [-0.25, -0.2) is 0 Å². The zero-order valence-corrected chi connectivity index (χ0v) is 17.1. The molecule has 0 aliphatic heterocycles. The van der Waals surface area contributed by atoms with Crippen LogP contribution in [0.3, 0.4) is 0 Å². The summed E-state index contributed by atoms with van der Waals surface area (Å²) in [6.45, 7) is 0. The van der Waals surface area contributed by atoms with Gasteiger partial charge in [0.15, 0.2) is 0 Å². The first-order valence-electron chi connectivity index (χ1n) is 10.5. The van der Waals surface area contributed by atoms with Gasteiger partial charge in [-0.15, -0.1) is 0 Å².